The number of hydrogen-bond acceptors (Lipinski definition) is 3. The average Bonchev–Trinajstić information content (AvgIpc) is 2.41. The predicted octanol–water partition coefficient (Wildman–Crippen LogP) is 3.26. The number of rotatable bonds is 2. The zero-order valence-electron chi connectivity index (χ0n) is 13.0. The third-order valence-electron chi connectivity index (χ3n) is 4.37. The highest BCUT2D eigenvalue weighted by molar-refractivity contribution is 4.67. The van der Waals surface area contributed by atoms with E-state index < -0.39 is 0 Å². The van der Waals surface area contributed by atoms with E-state index in [1.165, 1.54) is 65.2 Å². The number of nitrogens with zero attached hydrogens (tertiary/aromatic N) is 3. The van der Waals surface area contributed by atoms with Gasteiger partial charge in [0.1, 0.15) is 0 Å². The Morgan fingerprint density at radius 3 is 1.55 bits per heavy atom. The highest BCUT2D eigenvalue weighted by Crippen LogP contribution is 2.14. The Hall–Kier alpha value is -0.120. The number of likely N-dealkylation sites (tertiary alicyclic amines) is 1. The molecule has 2 heterocycles. The van der Waals surface area contributed by atoms with Gasteiger partial charge in [0.15, 0.2) is 0 Å². The minimum Gasteiger partial charge on any atom is -0.304 e. The van der Waals surface area contributed by atoms with Crippen LogP contribution in [-0.2, 0) is 0 Å². The van der Waals surface area contributed by atoms with Gasteiger partial charge in [-0.1, -0.05) is 35.6 Å². The molecule has 0 bridgehead atoms. The lowest BCUT2D eigenvalue weighted by molar-refractivity contribution is 0.160. The van der Waals surface area contributed by atoms with Crippen LogP contribution in [0.3, 0.4) is 0 Å². The fourth-order valence-electron chi connectivity index (χ4n) is 2.54. The van der Waals surface area contributed by atoms with E-state index in [2.05, 4.69) is 42.5 Å². The molecule has 124 valence electrons. The van der Waals surface area contributed by atoms with Crippen LogP contribution in [0.15, 0.2) is 0 Å². The van der Waals surface area contributed by atoms with E-state index in [0.29, 0.717) is 0 Å². The predicted molar refractivity (Wildman–Crippen MR) is 93.6 cm³/mol. The molecule has 0 aromatic carbocycles. The summed E-state index contributed by atoms with van der Waals surface area (Å²) in [5.74, 6) is 0.979. The van der Waals surface area contributed by atoms with Crippen molar-refractivity contribution < 1.29 is 0 Å². The van der Waals surface area contributed by atoms with Crippen LogP contribution in [0.1, 0.15) is 48.5 Å². The third kappa shape index (κ3) is 8.93. The lowest BCUT2D eigenvalue weighted by Gasteiger charge is -2.31. The van der Waals surface area contributed by atoms with Crippen LogP contribution in [-0.4, -0.2) is 74.1 Å². The molecule has 0 amide bonds. The van der Waals surface area contributed by atoms with Crippen molar-refractivity contribution in [3.05, 3.63) is 0 Å². The molecule has 0 saturated carbocycles. The van der Waals surface area contributed by atoms with E-state index in [9.17, 15) is 0 Å². The van der Waals surface area contributed by atoms with Crippen molar-refractivity contribution in [3.63, 3.8) is 0 Å². The SMILES string of the molecule is C.C.CCN1CCC(C)CC1.CCN1CCN(C)CC1. The summed E-state index contributed by atoms with van der Waals surface area (Å²) in [4.78, 5) is 7.40. The lowest BCUT2D eigenvalue weighted by Crippen LogP contribution is -2.44. The standard InChI is InChI=1S/C8H17N.C7H16N2.2CH4/c2*1-3-9-6-4-8(2)5-7-9;;/h8H,3-7H2,1-2H3;3-7H2,1-2H3;2*1H4. The van der Waals surface area contributed by atoms with Gasteiger partial charge in [-0.15, -0.1) is 0 Å². The second kappa shape index (κ2) is 12.6. The van der Waals surface area contributed by atoms with E-state index in [1.54, 1.807) is 0 Å². The number of likely N-dealkylation sites (N-methyl/N-ethyl adjacent to an activating group) is 2. The molecular weight excluding hydrogens is 246 g/mol. The minimum atomic E-state index is 0. The van der Waals surface area contributed by atoms with Crippen molar-refractivity contribution in [2.75, 3.05) is 59.4 Å². The topological polar surface area (TPSA) is 9.72 Å². The maximum atomic E-state index is 2.53. The summed E-state index contributed by atoms with van der Waals surface area (Å²) in [6, 6.07) is 0. The fourth-order valence-corrected chi connectivity index (χ4v) is 2.54. The summed E-state index contributed by atoms with van der Waals surface area (Å²) in [5.41, 5.74) is 0. The van der Waals surface area contributed by atoms with E-state index >= 15 is 0 Å². The van der Waals surface area contributed by atoms with E-state index in [1.807, 2.05) is 0 Å². The van der Waals surface area contributed by atoms with E-state index in [0.717, 1.165) is 5.92 Å². The van der Waals surface area contributed by atoms with Crippen LogP contribution in [0.5, 0.6) is 0 Å². The van der Waals surface area contributed by atoms with Crippen molar-refractivity contribution in [3.8, 4) is 0 Å². The third-order valence-corrected chi connectivity index (χ3v) is 4.37. The average molecular weight is 288 g/mol. The van der Waals surface area contributed by atoms with Gasteiger partial charge in [0.05, 0.1) is 0 Å². The largest absolute Gasteiger partial charge is 0.304 e. The fraction of sp³-hybridized carbons (Fsp3) is 1.00. The summed E-state index contributed by atoms with van der Waals surface area (Å²) in [7, 11) is 2.19. The quantitative estimate of drug-likeness (QED) is 0.772. The van der Waals surface area contributed by atoms with Gasteiger partial charge in [0, 0.05) is 26.2 Å². The van der Waals surface area contributed by atoms with Gasteiger partial charge in [-0.25, -0.2) is 0 Å². The smallest absolute Gasteiger partial charge is 0.0110 e. The van der Waals surface area contributed by atoms with Crippen molar-refractivity contribution in [2.45, 2.75) is 48.5 Å². The Balaban J connectivity index is 0. The van der Waals surface area contributed by atoms with Gasteiger partial charge in [-0.3, -0.25) is 0 Å². The molecule has 0 aromatic rings. The van der Waals surface area contributed by atoms with Gasteiger partial charge >= 0.3 is 0 Å². The molecule has 0 radical (unpaired) electrons. The van der Waals surface area contributed by atoms with Crippen LogP contribution in [0.25, 0.3) is 0 Å². The Labute approximate surface area is 129 Å². The summed E-state index contributed by atoms with van der Waals surface area (Å²) >= 11 is 0. The van der Waals surface area contributed by atoms with Crippen LogP contribution in [0, 0.1) is 5.92 Å². The molecular formula is C17H41N3. The van der Waals surface area contributed by atoms with Gasteiger partial charge in [-0.05, 0) is 52.0 Å². The summed E-state index contributed by atoms with van der Waals surface area (Å²) in [6.45, 7) is 17.0. The molecule has 3 heteroatoms. The first-order valence-electron chi connectivity index (χ1n) is 7.79. The Morgan fingerprint density at radius 1 is 0.750 bits per heavy atom. The molecule has 2 rings (SSSR count). The van der Waals surface area contributed by atoms with Crippen molar-refractivity contribution >= 4 is 0 Å². The van der Waals surface area contributed by atoms with Crippen LogP contribution < -0.4 is 0 Å². The molecule has 2 aliphatic rings. The summed E-state index contributed by atoms with van der Waals surface area (Å²) in [6.07, 6.45) is 2.82. The molecule has 0 unspecified atom stereocenters. The van der Waals surface area contributed by atoms with Crippen molar-refractivity contribution in [1.82, 2.24) is 14.7 Å². The molecule has 0 spiro atoms. The number of piperidine rings is 1. The maximum absolute atomic E-state index is 2.53. The molecule has 20 heavy (non-hydrogen) atoms. The summed E-state index contributed by atoms with van der Waals surface area (Å²) in [5, 5.41) is 0. The van der Waals surface area contributed by atoms with Crippen molar-refractivity contribution in [2.24, 2.45) is 5.92 Å². The molecule has 2 saturated heterocycles. The molecule has 2 fully saturated rings. The Bertz CT molecular complexity index is 170. The van der Waals surface area contributed by atoms with Gasteiger partial charge in [0.25, 0.3) is 0 Å². The van der Waals surface area contributed by atoms with Crippen LogP contribution >= 0.6 is 0 Å². The first kappa shape index (κ1) is 22.2. The lowest BCUT2D eigenvalue weighted by atomic mass is 9.99. The first-order chi connectivity index (χ1) is 8.65. The second-order valence-corrected chi connectivity index (χ2v) is 5.85. The van der Waals surface area contributed by atoms with Crippen LogP contribution in [0.2, 0.25) is 0 Å². The first-order valence-corrected chi connectivity index (χ1v) is 7.79. The zero-order valence-corrected chi connectivity index (χ0v) is 13.0. The Kier molecular flexibility index (Phi) is 14.0. The molecule has 3 nitrogen and oxygen atoms in total. The maximum Gasteiger partial charge on any atom is 0.0110 e. The Morgan fingerprint density at radius 2 is 1.15 bits per heavy atom. The van der Waals surface area contributed by atoms with Gasteiger partial charge in [0.2, 0.25) is 0 Å². The van der Waals surface area contributed by atoms with Crippen LogP contribution in [0.4, 0.5) is 0 Å². The van der Waals surface area contributed by atoms with Gasteiger partial charge < -0.3 is 14.7 Å². The molecule has 2 aliphatic heterocycles. The molecule has 0 atom stereocenters. The van der Waals surface area contributed by atoms with E-state index in [4.69, 9.17) is 0 Å². The van der Waals surface area contributed by atoms with E-state index in [-0.39, 0.29) is 14.9 Å². The highest BCUT2D eigenvalue weighted by atomic mass is 15.2. The second-order valence-electron chi connectivity index (χ2n) is 5.85. The summed E-state index contributed by atoms with van der Waals surface area (Å²) < 4.78 is 0. The highest BCUT2D eigenvalue weighted by Gasteiger charge is 2.13. The molecule has 0 aliphatic carbocycles. The number of piperazine rings is 1. The zero-order chi connectivity index (χ0) is 13.4. The van der Waals surface area contributed by atoms with Gasteiger partial charge in [-0.2, -0.15) is 0 Å². The normalized spacial score (nSPS) is 22.2. The van der Waals surface area contributed by atoms with Crippen molar-refractivity contribution in [1.29, 1.82) is 0 Å². The molecule has 0 aromatic heterocycles. The monoisotopic (exact) mass is 287 g/mol. The minimum absolute atomic E-state index is 0. The molecule has 0 N–H and O–H groups in total. The number of hydrogen-bond donors (Lipinski definition) is 0.